The molecule has 1 amide bonds. The molecule has 4 N–H and O–H groups in total. The van der Waals surface area contributed by atoms with Crippen molar-refractivity contribution in [2.45, 2.75) is 19.3 Å². The minimum absolute atomic E-state index is 0.450. The predicted octanol–water partition coefficient (Wildman–Crippen LogP) is 0.977. The molecule has 0 bridgehead atoms. The fourth-order valence-corrected chi connectivity index (χ4v) is 1.94. The van der Waals surface area contributed by atoms with Gasteiger partial charge in [-0.2, -0.15) is 13.2 Å². The molecule has 0 radical (unpaired) electrons. The fourth-order valence-electron chi connectivity index (χ4n) is 1.62. The Balaban J connectivity index is 0.000000246. The molecule has 0 aromatic carbocycles. The maximum absolute atomic E-state index is 11.1. The van der Waals surface area contributed by atoms with Crippen molar-refractivity contribution in [3.8, 4) is 0 Å². The molecule has 0 spiro atoms. The first-order chi connectivity index (χ1) is 9.14. The van der Waals surface area contributed by atoms with Crippen LogP contribution in [0.25, 0.3) is 0 Å². The molecule has 2 rings (SSSR count). The van der Waals surface area contributed by atoms with Gasteiger partial charge in [0.05, 0.1) is 10.6 Å². The molecule has 0 saturated carbocycles. The van der Waals surface area contributed by atoms with Gasteiger partial charge in [-0.15, -0.1) is 0 Å². The summed E-state index contributed by atoms with van der Waals surface area (Å²) in [5, 5.41) is 10.7. The largest absolute Gasteiger partial charge is 0.490 e. The third kappa shape index (κ3) is 3.87. The molecule has 0 aliphatic carbocycles. The van der Waals surface area contributed by atoms with Crippen LogP contribution >= 0.6 is 11.6 Å². The van der Waals surface area contributed by atoms with Crippen LogP contribution < -0.4 is 11.1 Å². The summed E-state index contributed by atoms with van der Waals surface area (Å²) in [5.74, 6) is -3.21. The van der Waals surface area contributed by atoms with Crippen LogP contribution in [0.3, 0.4) is 0 Å². The van der Waals surface area contributed by atoms with Gasteiger partial charge in [0.25, 0.3) is 5.91 Å². The molecule has 1 aromatic heterocycles. The molecule has 10 heteroatoms. The number of fused-ring (bicyclic) bond motifs is 1. The summed E-state index contributed by atoms with van der Waals surface area (Å²) < 4.78 is 33.7. The predicted molar refractivity (Wildman–Crippen MR) is 63.4 cm³/mol. The molecule has 2 heterocycles. The van der Waals surface area contributed by atoms with Crippen LogP contribution in [0.2, 0.25) is 5.02 Å². The second-order valence-corrected chi connectivity index (χ2v) is 4.24. The molecular formula is C10H11ClF3N3O3. The van der Waals surface area contributed by atoms with E-state index in [0.717, 1.165) is 18.8 Å². The summed E-state index contributed by atoms with van der Waals surface area (Å²) in [4.78, 5) is 19.9. The van der Waals surface area contributed by atoms with Crippen molar-refractivity contribution < 1.29 is 27.9 Å². The Bertz CT molecular complexity index is 528. The van der Waals surface area contributed by atoms with Crippen molar-refractivity contribution >= 4 is 23.5 Å². The van der Waals surface area contributed by atoms with E-state index in [4.69, 9.17) is 27.2 Å². The first kappa shape index (κ1) is 16.3. The monoisotopic (exact) mass is 313 g/mol. The maximum Gasteiger partial charge on any atom is 0.490 e. The van der Waals surface area contributed by atoms with Crippen LogP contribution in [-0.4, -0.2) is 34.3 Å². The highest BCUT2D eigenvalue weighted by Gasteiger charge is 2.38. The SMILES string of the molecule is NC(=O)c1c(Cl)cn2c1CNCC2.O=C(O)C(F)(F)F. The Hall–Kier alpha value is -1.74. The Morgan fingerprint density at radius 1 is 1.45 bits per heavy atom. The lowest BCUT2D eigenvalue weighted by Gasteiger charge is -2.16. The van der Waals surface area contributed by atoms with Crippen molar-refractivity contribution in [2.24, 2.45) is 5.73 Å². The molecule has 0 fully saturated rings. The smallest absolute Gasteiger partial charge is 0.475 e. The Labute approximate surface area is 116 Å². The van der Waals surface area contributed by atoms with E-state index in [9.17, 15) is 18.0 Å². The van der Waals surface area contributed by atoms with Gasteiger partial charge in [0.15, 0.2) is 0 Å². The number of carboxylic acid groups (broad SMARTS) is 1. The highest BCUT2D eigenvalue weighted by atomic mass is 35.5. The minimum Gasteiger partial charge on any atom is -0.475 e. The molecular weight excluding hydrogens is 303 g/mol. The highest BCUT2D eigenvalue weighted by Crippen LogP contribution is 2.23. The number of aromatic nitrogens is 1. The van der Waals surface area contributed by atoms with Gasteiger partial charge in [-0.1, -0.05) is 11.6 Å². The average Bonchev–Trinajstić information content (AvgIpc) is 2.64. The molecule has 0 saturated heterocycles. The summed E-state index contributed by atoms with van der Waals surface area (Å²) in [5.41, 5.74) is 6.56. The molecule has 1 aromatic rings. The van der Waals surface area contributed by atoms with Gasteiger partial charge in [0.1, 0.15) is 0 Å². The van der Waals surface area contributed by atoms with Crippen LogP contribution in [0.15, 0.2) is 6.20 Å². The molecule has 6 nitrogen and oxygen atoms in total. The molecule has 112 valence electrons. The second kappa shape index (κ2) is 6.14. The van der Waals surface area contributed by atoms with Crippen LogP contribution in [0.4, 0.5) is 13.2 Å². The van der Waals surface area contributed by atoms with E-state index >= 15 is 0 Å². The summed E-state index contributed by atoms with van der Waals surface area (Å²) in [6, 6.07) is 0. The standard InChI is InChI=1S/C8H10ClN3O.C2HF3O2/c9-5-4-12-2-1-11-3-6(12)7(5)8(10)13;3-2(4,5)1(6)7/h4,11H,1-3H2,(H2,10,13);(H,6,7). The number of alkyl halides is 3. The number of carboxylic acids is 1. The number of carbonyl (C=O) groups is 2. The number of hydrogen-bond donors (Lipinski definition) is 3. The highest BCUT2D eigenvalue weighted by molar-refractivity contribution is 6.34. The quantitative estimate of drug-likeness (QED) is 0.720. The van der Waals surface area contributed by atoms with Crippen molar-refractivity contribution in [3.63, 3.8) is 0 Å². The van der Waals surface area contributed by atoms with Crippen LogP contribution in [0, 0.1) is 0 Å². The minimum atomic E-state index is -5.08. The Morgan fingerprint density at radius 3 is 2.45 bits per heavy atom. The van der Waals surface area contributed by atoms with Gasteiger partial charge in [0.2, 0.25) is 0 Å². The van der Waals surface area contributed by atoms with E-state index in [1.807, 2.05) is 4.57 Å². The zero-order valence-electron chi connectivity index (χ0n) is 10.00. The van der Waals surface area contributed by atoms with E-state index in [-0.39, 0.29) is 0 Å². The van der Waals surface area contributed by atoms with E-state index < -0.39 is 18.1 Å². The number of primary amides is 1. The number of nitrogens with zero attached hydrogens (tertiary/aromatic N) is 1. The summed E-state index contributed by atoms with van der Waals surface area (Å²) in [7, 11) is 0. The number of aliphatic carboxylic acids is 1. The van der Waals surface area contributed by atoms with Crippen molar-refractivity contribution in [1.82, 2.24) is 9.88 Å². The lowest BCUT2D eigenvalue weighted by atomic mass is 10.2. The summed E-state index contributed by atoms with van der Waals surface area (Å²) >= 11 is 5.88. The zero-order valence-corrected chi connectivity index (χ0v) is 10.8. The first-order valence-electron chi connectivity index (χ1n) is 5.32. The van der Waals surface area contributed by atoms with Gasteiger partial charge in [0, 0.05) is 31.5 Å². The Kier molecular flexibility index (Phi) is 5.01. The third-order valence-corrected chi connectivity index (χ3v) is 2.74. The van der Waals surface area contributed by atoms with Crippen molar-refractivity contribution in [1.29, 1.82) is 0 Å². The lowest BCUT2D eigenvalue weighted by Crippen LogP contribution is -2.29. The number of rotatable bonds is 1. The molecule has 0 unspecified atom stereocenters. The van der Waals surface area contributed by atoms with Crippen LogP contribution in [-0.2, 0) is 17.9 Å². The van der Waals surface area contributed by atoms with Gasteiger partial charge in [-0.05, 0) is 0 Å². The third-order valence-electron chi connectivity index (χ3n) is 2.45. The molecule has 20 heavy (non-hydrogen) atoms. The van der Waals surface area contributed by atoms with Gasteiger partial charge in [-0.25, -0.2) is 4.79 Å². The Morgan fingerprint density at radius 2 is 2.00 bits per heavy atom. The van der Waals surface area contributed by atoms with Crippen molar-refractivity contribution in [3.05, 3.63) is 22.5 Å². The molecule has 1 aliphatic heterocycles. The number of hydrogen-bond acceptors (Lipinski definition) is 3. The maximum atomic E-state index is 11.1. The van der Waals surface area contributed by atoms with Crippen LogP contribution in [0.5, 0.6) is 0 Å². The first-order valence-corrected chi connectivity index (χ1v) is 5.70. The second-order valence-electron chi connectivity index (χ2n) is 3.84. The van der Waals surface area contributed by atoms with E-state index in [0.29, 0.717) is 17.1 Å². The number of nitrogens with two attached hydrogens (primary N) is 1. The fraction of sp³-hybridized carbons (Fsp3) is 0.400. The van der Waals surface area contributed by atoms with Gasteiger partial charge in [-0.3, -0.25) is 4.79 Å². The van der Waals surface area contributed by atoms with Crippen molar-refractivity contribution in [2.75, 3.05) is 6.54 Å². The van der Waals surface area contributed by atoms with E-state index in [1.54, 1.807) is 6.20 Å². The van der Waals surface area contributed by atoms with Gasteiger partial charge < -0.3 is 20.7 Å². The molecule has 0 atom stereocenters. The normalized spacial score (nSPS) is 14.0. The summed E-state index contributed by atoms with van der Waals surface area (Å²) in [6.07, 6.45) is -3.32. The lowest BCUT2D eigenvalue weighted by molar-refractivity contribution is -0.192. The van der Waals surface area contributed by atoms with E-state index in [2.05, 4.69) is 5.32 Å². The van der Waals surface area contributed by atoms with E-state index in [1.165, 1.54) is 0 Å². The summed E-state index contributed by atoms with van der Waals surface area (Å²) in [6.45, 7) is 2.39. The average molecular weight is 314 g/mol. The van der Waals surface area contributed by atoms with Crippen LogP contribution in [0.1, 0.15) is 16.1 Å². The zero-order chi connectivity index (χ0) is 15.5. The number of carbonyl (C=O) groups excluding carboxylic acids is 1. The molecule has 1 aliphatic rings. The number of nitrogens with one attached hydrogen (secondary N) is 1. The number of amides is 1. The number of halogens is 4. The topological polar surface area (TPSA) is 97.4 Å². The van der Waals surface area contributed by atoms with Gasteiger partial charge >= 0.3 is 12.1 Å².